The van der Waals surface area contributed by atoms with Gasteiger partial charge in [-0.3, -0.25) is 0 Å². The predicted octanol–water partition coefficient (Wildman–Crippen LogP) is 0.240. The Bertz CT molecular complexity index is 262. The molecule has 1 aromatic rings. The molecule has 0 saturated heterocycles. The van der Waals surface area contributed by atoms with Gasteiger partial charge in [0.1, 0.15) is 0 Å². The van der Waals surface area contributed by atoms with E-state index in [4.69, 9.17) is 5.73 Å². The summed E-state index contributed by atoms with van der Waals surface area (Å²) in [6.07, 6.45) is 7.57. The van der Waals surface area contributed by atoms with E-state index in [0.717, 1.165) is 18.5 Å². The number of hydrogen-bond donors (Lipinski definition) is 1. The Morgan fingerprint density at radius 3 is 3.09 bits per heavy atom. The molecule has 2 rings (SSSR count). The van der Waals surface area contributed by atoms with Crippen LogP contribution in [-0.2, 0) is 0 Å². The fourth-order valence-electron chi connectivity index (χ4n) is 1.28. The first kappa shape index (κ1) is 6.54. The molecule has 0 radical (unpaired) electrons. The summed E-state index contributed by atoms with van der Waals surface area (Å²) in [4.78, 5) is 0. The minimum atomic E-state index is 0.203. The fourth-order valence-corrected chi connectivity index (χ4v) is 1.28. The van der Waals surface area contributed by atoms with Crippen molar-refractivity contribution in [2.75, 3.05) is 0 Å². The predicted molar refractivity (Wildman–Crippen MR) is 41.5 cm³/mol. The van der Waals surface area contributed by atoms with Crippen molar-refractivity contribution >= 4 is 5.70 Å². The third kappa shape index (κ3) is 1.17. The molecule has 0 fully saturated rings. The van der Waals surface area contributed by atoms with Crippen molar-refractivity contribution in [2.24, 2.45) is 5.73 Å². The molecule has 1 aliphatic rings. The molecule has 0 aliphatic heterocycles. The zero-order valence-corrected chi connectivity index (χ0v) is 6.14. The van der Waals surface area contributed by atoms with Gasteiger partial charge < -0.3 is 5.73 Å². The van der Waals surface area contributed by atoms with Crippen LogP contribution in [0.5, 0.6) is 0 Å². The molecule has 0 aromatic carbocycles. The van der Waals surface area contributed by atoms with Gasteiger partial charge in [-0.25, -0.2) is 4.68 Å². The first-order valence-electron chi connectivity index (χ1n) is 3.69. The Morgan fingerprint density at radius 2 is 2.55 bits per heavy atom. The Balaban J connectivity index is 2.25. The molecule has 0 spiro atoms. The third-order valence-corrected chi connectivity index (χ3v) is 1.86. The van der Waals surface area contributed by atoms with Crippen LogP contribution < -0.4 is 5.73 Å². The maximum Gasteiger partial charge on any atom is 0.0697 e. The lowest BCUT2D eigenvalue weighted by molar-refractivity contribution is 0.756. The van der Waals surface area contributed by atoms with E-state index >= 15 is 0 Å². The molecule has 0 amide bonds. The number of rotatable bonds is 1. The molecule has 4 nitrogen and oxygen atoms in total. The van der Waals surface area contributed by atoms with Crippen LogP contribution in [0, 0.1) is 0 Å². The molecule has 0 saturated carbocycles. The van der Waals surface area contributed by atoms with E-state index in [1.54, 1.807) is 10.9 Å². The number of nitrogens with two attached hydrogens (primary N) is 1. The molecule has 1 heterocycles. The van der Waals surface area contributed by atoms with Crippen LogP contribution in [0.15, 0.2) is 18.5 Å². The van der Waals surface area contributed by atoms with E-state index in [9.17, 15) is 0 Å². The van der Waals surface area contributed by atoms with E-state index < -0.39 is 0 Å². The van der Waals surface area contributed by atoms with Crippen molar-refractivity contribution < 1.29 is 0 Å². The second-order valence-electron chi connectivity index (χ2n) is 2.71. The van der Waals surface area contributed by atoms with Crippen molar-refractivity contribution in [3.05, 3.63) is 18.5 Å². The molecule has 11 heavy (non-hydrogen) atoms. The van der Waals surface area contributed by atoms with Crippen molar-refractivity contribution in [3.8, 4) is 0 Å². The van der Waals surface area contributed by atoms with Gasteiger partial charge in [0.15, 0.2) is 0 Å². The molecule has 58 valence electrons. The van der Waals surface area contributed by atoms with Crippen LogP contribution in [-0.4, -0.2) is 21.0 Å². The highest BCUT2D eigenvalue weighted by molar-refractivity contribution is 5.48. The lowest BCUT2D eigenvalue weighted by Gasteiger charge is -1.96. The van der Waals surface area contributed by atoms with E-state index in [1.165, 1.54) is 0 Å². The summed E-state index contributed by atoms with van der Waals surface area (Å²) in [6.45, 7) is 0. The average molecular weight is 150 g/mol. The van der Waals surface area contributed by atoms with Crippen molar-refractivity contribution in [1.82, 2.24) is 15.0 Å². The molecular formula is C7H10N4. The minimum Gasteiger partial charge on any atom is -0.324 e. The quantitative estimate of drug-likeness (QED) is 0.624. The van der Waals surface area contributed by atoms with Crippen LogP contribution in [0.1, 0.15) is 12.8 Å². The molecular weight excluding hydrogens is 140 g/mol. The van der Waals surface area contributed by atoms with Gasteiger partial charge in [0.2, 0.25) is 0 Å². The fraction of sp³-hybridized carbons (Fsp3) is 0.429. The first-order valence-corrected chi connectivity index (χ1v) is 3.69. The van der Waals surface area contributed by atoms with Crippen LogP contribution in [0.2, 0.25) is 0 Å². The van der Waals surface area contributed by atoms with E-state index in [0.29, 0.717) is 0 Å². The second kappa shape index (κ2) is 2.47. The molecule has 1 atom stereocenters. The van der Waals surface area contributed by atoms with E-state index in [1.807, 2.05) is 12.3 Å². The highest BCUT2D eigenvalue weighted by atomic mass is 15.4. The summed E-state index contributed by atoms with van der Waals surface area (Å²) in [5.41, 5.74) is 6.86. The normalized spacial score (nSPS) is 23.7. The third-order valence-electron chi connectivity index (χ3n) is 1.86. The first-order chi connectivity index (χ1) is 5.36. The SMILES string of the molecule is NC1C=C(n2ccnn2)CC1. The minimum absolute atomic E-state index is 0.203. The number of hydrogen-bond acceptors (Lipinski definition) is 3. The van der Waals surface area contributed by atoms with Gasteiger partial charge in [-0.15, -0.1) is 5.10 Å². The van der Waals surface area contributed by atoms with Gasteiger partial charge in [0, 0.05) is 11.7 Å². The highest BCUT2D eigenvalue weighted by Gasteiger charge is 2.12. The lowest BCUT2D eigenvalue weighted by atomic mass is 10.3. The van der Waals surface area contributed by atoms with Crippen LogP contribution in [0.3, 0.4) is 0 Å². The smallest absolute Gasteiger partial charge is 0.0697 e. The summed E-state index contributed by atoms with van der Waals surface area (Å²) in [6, 6.07) is 0.203. The average Bonchev–Trinajstić information content (AvgIpc) is 2.55. The largest absolute Gasteiger partial charge is 0.324 e. The van der Waals surface area contributed by atoms with Gasteiger partial charge in [0.25, 0.3) is 0 Å². The lowest BCUT2D eigenvalue weighted by Crippen LogP contribution is -2.11. The summed E-state index contributed by atoms with van der Waals surface area (Å²) in [5, 5.41) is 7.60. The van der Waals surface area contributed by atoms with Crippen LogP contribution in [0.4, 0.5) is 0 Å². The molecule has 4 heteroatoms. The Labute approximate surface area is 64.7 Å². The summed E-state index contributed by atoms with van der Waals surface area (Å²) >= 11 is 0. The standard InChI is InChI=1S/C7H10N4/c8-6-1-2-7(5-6)11-4-3-9-10-11/h3-6H,1-2,8H2. The summed E-state index contributed by atoms with van der Waals surface area (Å²) < 4.78 is 1.77. The maximum atomic E-state index is 5.69. The van der Waals surface area contributed by atoms with Crippen molar-refractivity contribution in [3.63, 3.8) is 0 Å². The van der Waals surface area contributed by atoms with Gasteiger partial charge in [0.05, 0.1) is 12.4 Å². The number of allylic oxidation sites excluding steroid dienone is 1. The second-order valence-corrected chi connectivity index (χ2v) is 2.71. The monoisotopic (exact) mass is 150 g/mol. The zero-order chi connectivity index (χ0) is 7.68. The molecule has 1 aliphatic carbocycles. The van der Waals surface area contributed by atoms with E-state index in [-0.39, 0.29) is 6.04 Å². The van der Waals surface area contributed by atoms with Gasteiger partial charge in [-0.1, -0.05) is 5.21 Å². The number of nitrogens with zero attached hydrogens (tertiary/aromatic N) is 3. The van der Waals surface area contributed by atoms with Crippen molar-refractivity contribution in [2.45, 2.75) is 18.9 Å². The van der Waals surface area contributed by atoms with Crippen LogP contribution >= 0.6 is 0 Å². The van der Waals surface area contributed by atoms with Crippen LogP contribution in [0.25, 0.3) is 5.70 Å². The summed E-state index contributed by atoms with van der Waals surface area (Å²) in [5.74, 6) is 0. The van der Waals surface area contributed by atoms with Gasteiger partial charge in [-0.2, -0.15) is 0 Å². The van der Waals surface area contributed by atoms with Crippen molar-refractivity contribution in [1.29, 1.82) is 0 Å². The van der Waals surface area contributed by atoms with E-state index in [2.05, 4.69) is 10.3 Å². The van der Waals surface area contributed by atoms with Gasteiger partial charge in [-0.05, 0) is 18.9 Å². The Kier molecular flexibility index (Phi) is 1.47. The molecule has 1 unspecified atom stereocenters. The highest BCUT2D eigenvalue weighted by Crippen LogP contribution is 2.19. The molecule has 1 aromatic heterocycles. The zero-order valence-electron chi connectivity index (χ0n) is 6.14. The maximum absolute atomic E-state index is 5.69. The molecule has 0 bridgehead atoms. The Morgan fingerprint density at radius 1 is 1.64 bits per heavy atom. The van der Waals surface area contributed by atoms with Gasteiger partial charge >= 0.3 is 0 Å². The molecule has 2 N–H and O–H groups in total. The summed E-state index contributed by atoms with van der Waals surface area (Å²) in [7, 11) is 0. The topological polar surface area (TPSA) is 56.7 Å². The number of aromatic nitrogens is 3. The Hall–Kier alpha value is -1.16.